The molecule has 2 heterocycles. The molecule has 2 saturated heterocycles. The topological polar surface area (TPSA) is 67.4 Å². The van der Waals surface area contributed by atoms with Crippen LogP contribution in [0, 0.1) is 0 Å². The van der Waals surface area contributed by atoms with Crippen LogP contribution in [-0.4, -0.2) is 63.1 Å². The third-order valence-corrected chi connectivity index (χ3v) is 12.1. The number of nitrogens with one attached hydrogen (secondary N) is 2. The van der Waals surface area contributed by atoms with Crippen LogP contribution in [-0.2, 0) is 13.7 Å². The van der Waals surface area contributed by atoms with Crippen LogP contribution in [0.2, 0.25) is 26.2 Å². The SMILES string of the molecule is C[Si](C)(C)O[Si](C)(C(=O)[C@H]1NCCC1S)C(=O)[C@H]1NCCC1S. The Bertz CT molecular complexity index is 455. The summed E-state index contributed by atoms with van der Waals surface area (Å²) in [5, 5.41) is 6.20. The van der Waals surface area contributed by atoms with Gasteiger partial charge in [0.05, 0.1) is 12.1 Å². The molecule has 2 aliphatic heterocycles. The van der Waals surface area contributed by atoms with Crippen molar-refractivity contribution < 1.29 is 13.7 Å². The van der Waals surface area contributed by atoms with E-state index >= 15 is 0 Å². The van der Waals surface area contributed by atoms with Crippen molar-refractivity contribution in [3.05, 3.63) is 0 Å². The first-order chi connectivity index (χ1) is 10.6. The third kappa shape index (κ3) is 4.31. The maximum absolute atomic E-state index is 13.2. The molecule has 0 saturated carbocycles. The Hall–Kier alpha value is 0.354. The first kappa shape index (κ1) is 19.7. The Kier molecular flexibility index (Phi) is 6.25. The molecule has 5 nitrogen and oxygen atoms in total. The minimum Gasteiger partial charge on any atom is -0.446 e. The van der Waals surface area contributed by atoms with E-state index in [1.165, 1.54) is 0 Å². The lowest BCUT2D eigenvalue weighted by Crippen LogP contribution is -2.67. The lowest BCUT2D eigenvalue weighted by molar-refractivity contribution is -0.119. The molecule has 2 fully saturated rings. The number of rotatable bonds is 6. The fourth-order valence-electron chi connectivity index (χ4n) is 3.34. The average Bonchev–Trinajstić information content (AvgIpc) is 3.03. The van der Waals surface area contributed by atoms with Gasteiger partial charge in [-0.15, -0.1) is 0 Å². The van der Waals surface area contributed by atoms with E-state index in [1.54, 1.807) is 6.55 Å². The second kappa shape index (κ2) is 7.31. The van der Waals surface area contributed by atoms with E-state index in [1.807, 2.05) is 19.6 Å². The van der Waals surface area contributed by atoms with Gasteiger partial charge in [-0.25, -0.2) is 0 Å². The summed E-state index contributed by atoms with van der Waals surface area (Å²) in [6, 6.07) is -0.759. The summed E-state index contributed by atoms with van der Waals surface area (Å²) in [5.41, 5.74) is 0. The molecular formula is C14H28N2O3S2Si2. The Labute approximate surface area is 151 Å². The van der Waals surface area contributed by atoms with Gasteiger partial charge in [0.25, 0.3) is 0 Å². The van der Waals surface area contributed by atoms with Gasteiger partial charge >= 0.3 is 8.32 Å². The molecule has 2 N–H and O–H groups in total. The molecule has 0 aromatic rings. The van der Waals surface area contributed by atoms with Crippen LogP contribution in [0.1, 0.15) is 12.8 Å². The van der Waals surface area contributed by atoms with Gasteiger partial charge in [-0.1, -0.05) is 0 Å². The van der Waals surface area contributed by atoms with Crippen molar-refractivity contribution in [3.8, 4) is 0 Å². The maximum Gasteiger partial charge on any atom is 0.326 e. The van der Waals surface area contributed by atoms with Crippen LogP contribution in [0.5, 0.6) is 0 Å². The van der Waals surface area contributed by atoms with Crippen molar-refractivity contribution in [2.75, 3.05) is 13.1 Å². The Morgan fingerprint density at radius 3 is 1.57 bits per heavy atom. The first-order valence-corrected chi connectivity index (χ1v) is 15.0. The highest BCUT2D eigenvalue weighted by molar-refractivity contribution is 7.81. The molecule has 0 aromatic carbocycles. The van der Waals surface area contributed by atoms with Gasteiger partial charge in [-0.05, 0) is 52.1 Å². The summed E-state index contributed by atoms with van der Waals surface area (Å²) in [7, 11) is -5.29. The second-order valence-corrected chi connectivity index (χ2v) is 17.0. The maximum atomic E-state index is 13.2. The van der Waals surface area contributed by atoms with Gasteiger partial charge in [-0.2, -0.15) is 25.3 Å². The molecule has 0 spiro atoms. The van der Waals surface area contributed by atoms with Gasteiger partial charge in [0.15, 0.2) is 19.1 Å². The molecule has 0 aromatic heterocycles. The zero-order chi connectivity index (χ0) is 17.4. The number of hydrogen-bond acceptors (Lipinski definition) is 7. The molecule has 4 atom stereocenters. The van der Waals surface area contributed by atoms with E-state index in [0.29, 0.717) is 0 Å². The largest absolute Gasteiger partial charge is 0.446 e. The molecular weight excluding hydrogens is 364 g/mol. The molecule has 2 unspecified atom stereocenters. The van der Waals surface area contributed by atoms with Crippen molar-refractivity contribution in [2.24, 2.45) is 0 Å². The number of carbonyl (C=O) groups excluding carboxylic acids is 2. The van der Waals surface area contributed by atoms with Gasteiger partial charge in [-0.3, -0.25) is 9.59 Å². The van der Waals surface area contributed by atoms with Crippen molar-refractivity contribution >= 4 is 52.7 Å². The summed E-state index contributed by atoms with van der Waals surface area (Å²) in [6.45, 7) is 9.37. The average molecular weight is 393 g/mol. The monoisotopic (exact) mass is 392 g/mol. The second-order valence-electron chi connectivity index (χ2n) is 7.55. The summed E-state index contributed by atoms with van der Waals surface area (Å²) in [4.78, 5) is 26.5. The summed E-state index contributed by atoms with van der Waals surface area (Å²) < 4.78 is 6.30. The lowest BCUT2D eigenvalue weighted by atomic mass is 10.2. The number of thiol groups is 2. The zero-order valence-electron chi connectivity index (χ0n) is 14.3. The van der Waals surface area contributed by atoms with Gasteiger partial charge in [0, 0.05) is 10.5 Å². The first-order valence-electron chi connectivity index (χ1n) is 8.18. The summed E-state index contributed by atoms with van der Waals surface area (Å²) in [5.74, 6) is 0. The molecule has 23 heavy (non-hydrogen) atoms. The van der Waals surface area contributed by atoms with E-state index in [2.05, 4.69) is 35.9 Å². The smallest absolute Gasteiger partial charge is 0.326 e. The van der Waals surface area contributed by atoms with Crippen molar-refractivity contribution in [2.45, 2.75) is 61.6 Å². The van der Waals surface area contributed by atoms with Gasteiger partial charge < -0.3 is 14.7 Å². The fourth-order valence-corrected chi connectivity index (χ4v) is 12.1. The van der Waals surface area contributed by atoms with E-state index in [-0.39, 0.29) is 33.4 Å². The quantitative estimate of drug-likeness (QED) is 0.400. The zero-order valence-corrected chi connectivity index (χ0v) is 18.0. The highest BCUT2D eigenvalue weighted by Gasteiger charge is 2.56. The predicted molar refractivity (Wildman–Crippen MR) is 104 cm³/mol. The summed E-state index contributed by atoms with van der Waals surface area (Å²) in [6.07, 6.45) is 1.67. The Balaban J connectivity index is 2.31. The molecule has 9 heteroatoms. The molecule has 0 aliphatic carbocycles. The van der Waals surface area contributed by atoms with Crippen LogP contribution >= 0.6 is 25.3 Å². The van der Waals surface area contributed by atoms with E-state index in [0.717, 1.165) is 25.9 Å². The van der Waals surface area contributed by atoms with Crippen molar-refractivity contribution in [1.29, 1.82) is 0 Å². The molecule has 0 amide bonds. The van der Waals surface area contributed by atoms with E-state index < -0.39 is 16.6 Å². The van der Waals surface area contributed by atoms with Crippen LogP contribution in [0.3, 0.4) is 0 Å². The predicted octanol–water partition coefficient (Wildman–Crippen LogP) is 0.950. The lowest BCUT2D eigenvalue weighted by Gasteiger charge is -2.36. The molecule has 132 valence electrons. The highest BCUT2D eigenvalue weighted by atomic mass is 32.1. The van der Waals surface area contributed by atoms with Gasteiger partial charge in [0.1, 0.15) is 0 Å². The van der Waals surface area contributed by atoms with Crippen molar-refractivity contribution in [1.82, 2.24) is 10.6 Å². The minimum atomic E-state index is -3.24. The van der Waals surface area contributed by atoms with Crippen LogP contribution in [0.4, 0.5) is 0 Å². The van der Waals surface area contributed by atoms with Crippen LogP contribution < -0.4 is 10.6 Å². The molecule has 0 radical (unpaired) electrons. The van der Waals surface area contributed by atoms with E-state index in [9.17, 15) is 9.59 Å². The molecule has 2 aliphatic rings. The molecule has 0 bridgehead atoms. The normalized spacial score (nSPS) is 34.3. The molecule has 2 rings (SSSR count). The Morgan fingerprint density at radius 1 is 0.913 bits per heavy atom. The number of hydrogen-bond donors (Lipinski definition) is 4. The summed E-state index contributed by atoms with van der Waals surface area (Å²) >= 11 is 9.04. The standard InChI is InChI=1S/C14H28N2O3S2Si2/c1-22(2,3)19-23(4,13(17)11-9(20)5-7-15-11)14(18)12-10(21)6-8-16-12/h9-12,15-16,20-21H,5-8H2,1-4H3/t9?,10?,11-,12-,23?/m0/s1. The van der Waals surface area contributed by atoms with Crippen LogP contribution in [0.15, 0.2) is 0 Å². The van der Waals surface area contributed by atoms with Gasteiger partial charge in [0.2, 0.25) is 0 Å². The fraction of sp³-hybridized carbons (Fsp3) is 0.857. The van der Waals surface area contributed by atoms with Crippen LogP contribution in [0.25, 0.3) is 0 Å². The minimum absolute atomic E-state index is 0.0457. The van der Waals surface area contributed by atoms with E-state index in [4.69, 9.17) is 4.12 Å². The Morgan fingerprint density at radius 2 is 1.30 bits per heavy atom. The highest BCUT2D eigenvalue weighted by Crippen LogP contribution is 2.27. The number of carbonyl (C=O) groups is 2. The third-order valence-electron chi connectivity index (χ3n) is 4.39. The van der Waals surface area contributed by atoms with Crippen molar-refractivity contribution in [3.63, 3.8) is 0 Å².